The highest BCUT2D eigenvalue weighted by atomic mass is 16.1. The van der Waals surface area contributed by atoms with Gasteiger partial charge in [-0.1, -0.05) is 13.8 Å². The van der Waals surface area contributed by atoms with Gasteiger partial charge in [0, 0.05) is 12.6 Å². The van der Waals surface area contributed by atoms with E-state index in [0.717, 1.165) is 19.6 Å². The molecule has 0 bridgehead atoms. The molecule has 0 saturated carbocycles. The maximum Gasteiger partial charge on any atom is 0.234 e. The van der Waals surface area contributed by atoms with Crippen LogP contribution in [-0.2, 0) is 4.79 Å². The second kappa shape index (κ2) is 7.76. The van der Waals surface area contributed by atoms with Crippen molar-refractivity contribution in [3.05, 3.63) is 0 Å². The Balaban J connectivity index is 3.72. The van der Waals surface area contributed by atoms with Gasteiger partial charge in [-0.3, -0.25) is 4.79 Å². The van der Waals surface area contributed by atoms with Gasteiger partial charge in [0.25, 0.3) is 0 Å². The first-order valence-electron chi connectivity index (χ1n) is 5.30. The average molecular weight is 201 g/mol. The van der Waals surface area contributed by atoms with Crippen LogP contribution in [0.15, 0.2) is 0 Å². The van der Waals surface area contributed by atoms with E-state index in [1.165, 1.54) is 0 Å². The van der Waals surface area contributed by atoms with E-state index in [0.29, 0.717) is 6.54 Å². The van der Waals surface area contributed by atoms with Crippen molar-refractivity contribution >= 4 is 5.91 Å². The predicted octanol–water partition coefficient (Wildman–Crippen LogP) is 0.0523. The molecule has 2 N–H and O–H groups in total. The van der Waals surface area contributed by atoms with Crippen LogP contribution in [0.2, 0.25) is 0 Å². The van der Waals surface area contributed by atoms with E-state index >= 15 is 0 Å². The molecule has 14 heavy (non-hydrogen) atoms. The SMILES string of the molecule is CCN(CC)CC(C)NC(=O)CNC. The standard InChI is InChI=1S/C10H23N3O/c1-5-13(6-2)8-9(3)12-10(14)7-11-4/h9,11H,5-8H2,1-4H3,(H,12,14). The van der Waals surface area contributed by atoms with Crippen molar-refractivity contribution < 1.29 is 4.79 Å². The summed E-state index contributed by atoms with van der Waals surface area (Å²) in [6, 6.07) is 0.218. The fourth-order valence-corrected chi connectivity index (χ4v) is 1.40. The third-order valence-corrected chi connectivity index (χ3v) is 2.17. The number of likely N-dealkylation sites (N-methyl/N-ethyl adjacent to an activating group) is 2. The normalized spacial score (nSPS) is 12.9. The second-order valence-electron chi connectivity index (χ2n) is 3.48. The van der Waals surface area contributed by atoms with Crippen LogP contribution < -0.4 is 10.6 Å². The fourth-order valence-electron chi connectivity index (χ4n) is 1.40. The van der Waals surface area contributed by atoms with E-state index < -0.39 is 0 Å². The summed E-state index contributed by atoms with van der Waals surface area (Å²) in [5.41, 5.74) is 0. The number of nitrogens with one attached hydrogen (secondary N) is 2. The molecular formula is C10H23N3O. The molecule has 0 aromatic rings. The maximum atomic E-state index is 11.2. The Hall–Kier alpha value is -0.610. The lowest BCUT2D eigenvalue weighted by Gasteiger charge is -2.23. The van der Waals surface area contributed by atoms with E-state index in [9.17, 15) is 4.79 Å². The molecule has 0 saturated heterocycles. The number of hydrogen-bond acceptors (Lipinski definition) is 3. The minimum Gasteiger partial charge on any atom is -0.351 e. The van der Waals surface area contributed by atoms with Crippen molar-refractivity contribution in [2.75, 3.05) is 33.2 Å². The van der Waals surface area contributed by atoms with Crippen LogP contribution in [0.5, 0.6) is 0 Å². The molecule has 0 heterocycles. The molecule has 1 atom stereocenters. The smallest absolute Gasteiger partial charge is 0.234 e. The molecule has 0 aliphatic heterocycles. The number of carbonyl (C=O) groups is 1. The van der Waals surface area contributed by atoms with Gasteiger partial charge in [-0.15, -0.1) is 0 Å². The van der Waals surface area contributed by atoms with Gasteiger partial charge in [0.2, 0.25) is 5.91 Å². The topological polar surface area (TPSA) is 44.4 Å². The molecule has 0 fully saturated rings. The Kier molecular flexibility index (Phi) is 7.42. The molecule has 0 rings (SSSR count). The molecule has 0 aliphatic carbocycles. The number of rotatable bonds is 7. The lowest BCUT2D eigenvalue weighted by Crippen LogP contribution is -2.44. The molecule has 84 valence electrons. The van der Waals surface area contributed by atoms with Crippen molar-refractivity contribution in [2.45, 2.75) is 26.8 Å². The highest BCUT2D eigenvalue weighted by Crippen LogP contribution is 1.91. The molecule has 4 heteroatoms. The molecule has 0 aromatic heterocycles. The number of amides is 1. The van der Waals surface area contributed by atoms with Crippen molar-refractivity contribution in [1.82, 2.24) is 15.5 Å². The Morgan fingerprint density at radius 2 is 1.93 bits per heavy atom. The Bertz CT molecular complexity index is 157. The zero-order valence-corrected chi connectivity index (χ0v) is 9.76. The third kappa shape index (κ3) is 5.94. The van der Waals surface area contributed by atoms with Gasteiger partial charge in [0.05, 0.1) is 6.54 Å². The summed E-state index contributed by atoms with van der Waals surface area (Å²) in [6.45, 7) is 9.67. The van der Waals surface area contributed by atoms with Gasteiger partial charge in [-0.2, -0.15) is 0 Å². The predicted molar refractivity (Wildman–Crippen MR) is 59.3 cm³/mol. The summed E-state index contributed by atoms with van der Waals surface area (Å²) in [7, 11) is 1.77. The average Bonchev–Trinajstić information content (AvgIpc) is 2.14. The largest absolute Gasteiger partial charge is 0.351 e. The van der Waals surface area contributed by atoms with Gasteiger partial charge < -0.3 is 15.5 Å². The van der Waals surface area contributed by atoms with Gasteiger partial charge in [0.15, 0.2) is 0 Å². The first-order chi connectivity index (χ1) is 6.63. The summed E-state index contributed by atoms with van der Waals surface area (Å²) in [4.78, 5) is 13.5. The van der Waals surface area contributed by atoms with E-state index in [-0.39, 0.29) is 11.9 Å². The monoisotopic (exact) mass is 201 g/mol. The van der Waals surface area contributed by atoms with E-state index in [4.69, 9.17) is 0 Å². The van der Waals surface area contributed by atoms with Crippen LogP contribution in [0.25, 0.3) is 0 Å². The molecule has 0 radical (unpaired) electrons. The van der Waals surface area contributed by atoms with Crippen LogP contribution in [0.3, 0.4) is 0 Å². The molecular weight excluding hydrogens is 178 g/mol. The van der Waals surface area contributed by atoms with Gasteiger partial charge in [0.1, 0.15) is 0 Å². The van der Waals surface area contributed by atoms with Crippen LogP contribution in [0.4, 0.5) is 0 Å². The lowest BCUT2D eigenvalue weighted by molar-refractivity contribution is -0.120. The maximum absolute atomic E-state index is 11.2. The molecule has 4 nitrogen and oxygen atoms in total. The highest BCUT2D eigenvalue weighted by Gasteiger charge is 2.09. The first-order valence-corrected chi connectivity index (χ1v) is 5.30. The zero-order valence-electron chi connectivity index (χ0n) is 9.76. The molecule has 0 aliphatic rings. The highest BCUT2D eigenvalue weighted by molar-refractivity contribution is 5.78. The number of nitrogens with zero attached hydrogens (tertiary/aromatic N) is 1. The summed E-state index contributed by atoms with van der Waals surface area (Å²) in [5.74, 6) is 0.0622. The first kappa shape index (κ1) is 13.4. The van der Waals surface area contributed by atoms with Crippen molar-refractivity contribution in [3.63, 3.8) is 0 Å². The van der Waals surface area contributed by atoms with E-state index in [1.807, 2.05) is 6.92 Å². The summed E-state index contributed by atoms with van der Waals surface area (Å²) < 4.78 is 0. The Morgan fingerprint density at radius 3 is 2.36 bits per heavy atom. The quantitative estimate of drug-likeness (QED) is 0.612. The van der Waals surface area contributed by atoms with E-state index in [2.05, 4.69) is 29.4 Å². The van der Waals surface area contributed by atoms with Crippen molar-refractivity contribution in [3.8, 4) is 0 Å². The van der Waals surface area contributed by atoms with Crippen molar-refractivity contribution in [2.24, 2.45) is 0 Å². The molecule has 0 spiro atoms. The fraction of sp³-hybridized carbons (Fsp3) is 0.900. The Morgan fingerprint density at radius 1 is 1.36 bits per heavy atom. The molecule has 1 amide bonds. The van der Waals surface area contributed by atoms with Crippen LogP contribution in [-0.4, -0.2) is 50.1 Å². The van der Waals surface area contributed by atoms with Gasteiger partial charge >= 0.3 is 0 Å². The minimum atomic E-state index is 0.0622. The third-order valence-electron chi connectivity index (χ3n) is 2.17. The zero-order chi connectivity index (χ0) is 11.0. The van der Waals surface area contributed by atoms with Gasteiger partial charge in [-0.25, -0.2) is 0 Å². The summed E-state index contributed by atoms with van der Waals surface area (Å²) >= 11 is 0. The minimum absolute atomic E-state index is 0.0622. The number of carbonyl (C=O) groups excluding carboxylic acids is 1. The molecule has 0 aromatic carbocycles. The van der Waals surface area contributed by atoms with Gasteiger partial charge in [-0.05, 0) is 27.1 Å². The van der Waals surface area contributed by atoms with E-state index in [1.54, 1.807) is 7.05 Å². The van der Waals surface area contributed by atoms with Crippen molar-refractivity contribution in [1.29, 1.82) is 0 Å². The van der Waals surface area contributed by atoms with Crippen LogP contribution in [0.1, 0.15) is 20.8 Å². The number of hydrogen-bond donors (Lipinski definition) is 2. The van der Waals surface area contributed by atoms with Crippen LogP contribution in [0, 0.1) is 0 Å². The summed E-state index contributed by atoms with van der Waals surface area (Å²) in [5, 5.41) is 5.77. The Labute approximate surface area is 87.0 Å². The lowest BCUT2D eigenvalue weighted by atomic mass is 10.3. The molecule has 1 unspecified atom stereocenters. The summed E-state index contributed by atoms with van der Waals surface area (Å²) in [6.07, 6.45) is 0. The van der Waals surface area contributed by atoms with Crippen LogP contribution >= 0.6 is 0 Å². The second-order valence-corrected chi connectivity index (χ2v) is 3.48.